The molecule has 2 aromatic heterocycles. The van der Waals surface area contributed by atoms with Gasteiger partial charge in [-0.2, -0.15) is 0 Å². The Labute approximate surface area is 167 Å². The van der Waals surface area contributed by atoms with E-state index in [4.69, 9.17) is 0 Å². The Balaban J connectivity index is 1.31. The fourth-order valence-corrected chi connectivity index (χ4v) is 3.46. The third-order valence-corrected chi connectivity index (χ3v) is 4.99. The normalized spacial score (nSPS) is 16.3. The average Bonchev–Trinajstić information content (AvgIpc) is 3.26. The lowest BCUT2D eigenvalue weighted by Gasteiger charge is -2.12. The van der Waals surface area contributed by atoms with Crippen LogP contribution in [0.2, 0.25) is 0 Å². The number of rotatable bonds is 7. The number of pyridine rings is 1. The predicted molar refractivity (Wildman–Crippen MR) is 107 cm³/mol. The van der Waals surface area contributed by atoms with Gasteiger partial charge in [0.2, 0.25) is 5.91 Å². The summed E-state index contributed by atoms with van der Waals surface area (Å²) < 4.78 is 0. The molecule has 0 aliphatic carbocycles. The highest BCUT2D eigenvalue weighted by atomic mass is 16.2. The number of nitrogens with zero attached hydrogens (tertiary/aromatic N) is 2. The lowest BCUT2D eigenvalue weighted by molar-refractivity contribution is -0.130. The van der Waals surface area contributed by atoms with Gasteiger partial charge in [0.15, 0.2) is 0 Å². The number of H-pyrrole nitrogens is 1. The molecule has 3 N–H and O–H groups in total. The summed E-state index contributed by atoms with van der Waals surface area (Å²) in [5.41, 5.74) is 2.92. The Kier molecular flexibility index (Phi) is 5.24. The molecular weight excluding hydrogens is 370 g/mol. The number of fused-ring (bicyclic) bond motifs is 1. The van der Waals surface area contributed by atoms with Crippen molar-refractivity contribution in [2.24, 2.45) is 0 Å². The molecule has 1 aromatic carbocycles. The molecule has 0 radical (unpaired) electrons. The molecule has 29 heavy (non-hydrogen) atoms. The van der Waals surface area contributed by atoms with E-state index < -0.39 is 12.1 Å². The highest BCUT2D eigenvalue weighted by Gasteiger charge is 2.38. The molecule has 4 rings (SSSR count). The van der Waals surface area contributed by atoms with Crippen LogP contribution in [0.3, 0.4) is 0 Å². The molecule has 1 atom stereocenters. The van der Waals surface area contributed by atoms with Crippen LogP contribution in [0.15, 0.2) is 55.0 Å². The number of hydrogen-bond donors (Lipinski definition) is 3. The molecule has 1 aliphatic rings. The summed E-state index contributed by atoms with van der Waals surface area (Å²) in [7, 11) is 0. The molecule has 3 aromatic rings. The first-order valence-electron chi connectivity index (χ1n) is 9.44. The van der Waals surface area contributed by atoms with Crippen LogP contribution in [-0.2, 0) is 22.6 Å². The van der Waals surface area contributed by atoms with Crippen molar-refractivity contribution in [1.29, 1.82) is 0 Å². The minimum Gasteiger partial charge on any atom is -0.361 e. The van der Waals surface area contributed by atoms with Crippen LogP contribution in [0.4, 0.5) is 4.79 Å². The monoisotopic (exact) mass is 391 g/mol. The first-order chi connectivity index (χ1) is 14.1. The van der Waals surface area contributed by atoms with Crippen molar-refractivity contribution in [3.05, 3.63) is 66.1 Å². The SMILES string of the molecule is O=C(C[C@@H]1NC(=O)N(CCc2c[nH]c3ccccc23)C1=O)NCc1cccnc1. The molecule has 0 unspecified atom stereocenters. The molecule has 0 bridgehead atoms. The summed E-state index contributed by atoms with van der Waals surface area (Å²) >= 11 is 0. The lowest BCUT2D eigenvalue weighted by atomic mass is 10.1. The third kappa shape index (κ3) is 4.11. The van der Waals surface area contributed by atoms with Crippen molar-refractivity contribution in [2.75, 3.05) is 6.54 Å². The number of imide groups is 1. The van der Waals surface area contributed by atoms with Gasteiger partial charge in [-0.15, -0.1) is 0 Å². The molecule has 3 heterocycles. The molecule has 148 valence electrons. The highest BCUT2D eigenvalue weighted by Crippen LogP contribution is 2.19. The fraction of sp³-hybridized carbons (Fsp3) is 0.238. The molecule has 8 nitrogen and oxygen atoms in total. The number of aromatic nitrogens is 2. The van der Waals surface area contributed by atoms with Crippen molar-refractivity contribution >= 4 is 28.7 Å². The number of urea groups is 1. The minimum absolute atomic E-state index is 0.0889. The van der Waals surface area contributed by atoms with Gasteiger partial charge < -0.3 is 15.6 Å². The second-order valence-electron chi connectivity index (χ2n) is 6.94. The third-order valence-electron chi connectivity index (χ3n) is 4.99. The van der Waals surface area contributed by atoms with Crippen molar-refractivity contribution in [1.82, 2.24) is 25.5 Å². The molecule has 8 heteroatoms. The van der Waals surface area contributed by atoms with Crippen molar-refractivity contribution < 1.29 is 14.4 Å². The number of aromatic amines is 1. The van der Waals surface area contributed by atoms with Gasteiger partial charge in [0.05, 0.1) is 6.42 Å². The van der Waals surface area contributed by atoms with Crippen molar-refractivity contribution in [3.8, 4) is 0 Å². The van der Waals surface area contributed by atoms with Gasteiger partial charge in [-0.25, -0.2) is 4.79 Å². The summed E-state index contributed by atoms with van der Waals surface area (Å²) in [5.74, 6) is -0.669. The quantitative estimate of drug-likeness (QED) is 0.533. The van der Waals surface area contributed by atoms with E-state index in [1.807, 2.05) is 36.5 Å². The first kappa shape index (κ1) is 18.7. The van der Waals surface area contributed by atoms with Gasteiger partial charge in [0.25, 0.3) is 5.91 Å². The molecule has 0 saturated carbocycles. The van der Waals surface area contributed by atoms with Crippen LogP contribution < -0.4 is 10.6 Å². The largest absolute Gasteiger partial charge is 0.361 e. The van der Waals surface area contributed by atoms with Gasteiger partial charge in [-0.1, -0.05) is 24.3 Å². The minimum atomic E-state index is -0.834. The van der Waals surface area contributed by atoms with Crippen molar-refractivity contribution in [2.45, 2.75) is 25.4 Å². The zero-order chi connectivity index (χ0) is 20.2. The smallest absolute Gasteiger partial charge is 0.324 e. The van der Waals surface area contributed by atoms with E-state index in [2.05, 4.69) is 20.6 Å². The van der Waals surface area contributed by atoms with Gasteiger partial charge in [0, 0.05) is 42.6 Å². The van der Waals surface area contributed by atoms with Crippen LogP contribution in [0.1, 0.15) is 17.5 Å². The molecule has 4 amide bonds. The van der Waals surface area contributed by atoms with E-state index in [9.17, 15) is 14.4 Å². The van der Waals surface area contributed by atoms with Gasteiger partial charge in [-0.05, 0) is 29.7 Å². The van der Waals surface area contributed by atoms with Crippen LogP contribution in [0, 0.1) is 0 Å². The molecule has 0 spiro atoms. The Morgan fingerprint density at radius 3 is 2.86 bits per heavy atom. The van der Waals surface area contributed by atoms with E-state index in [0.717, 1.165) is 22.0 Å². The van der Waals surface area contributed by atoms with Gasteiger partial charge >= 0.3 is 6.03 Å². The maximum absolute atomic E-state index is 12.6. The number of para-hydroxylation sites is 1. The summed E-state index contributed by atoms with van der Waals surface area (Å²) in [5, 5.41) is 6.43. The van der Waals surface area contributed by atoms with Gasteiger partial charge in [-0.3, -0.25) is 19.5 Å². The van der Waals surface area contributed by atoms with Crippen LogP contribution in [0.25, 0.3) is 10.9 Å². The Hall–Kier alpha value is -3.68. The Morgan fingerprint density at radius 1 is 1.17 bits per heavy atom. The van der Waals surface area contributed by atoms with Crippen LogP contribution in [-0.4, -0.2) is 45.3 Å². The number of carbonyl (C=O) groups is 3. The summed E-state index contributed by atoms with van der Waals surface area (Å²) in [4.78, 5) is 45.3. The molecule has 1 fully saturated rings. The summed E-state index contributed by atoms with van der Waals surface area (Å²) in [6, 6.07) is 10.2. The van der Waals surface area contributed by atoms with Crippen LogP contribution in [0.5, 0.6) is 0 Å². The fourth-order valence-electron chi connectivity index (χ4n) is 3.46. The van der Waals surface area contributed by atoms with Gasteiger partial charge in [0.1, 0.15) is 6.04 Å². The van der Waals surface area contributed by atoms with E-state index in [1.165, 1.54) is 4.90 Å². The summed E-state index contributed by atoms with van der Waals surface area (Å²) in [6.07, 6.45) is 5.67. The topological polar surface area (TPSA) is 107 Å². The summed E-state index contributed by atoms with van der Waals surface area (Å²) in [6.45, 7) is 0.589. The second kappa shape index (κ2) is 8.14. The van der Waals surface area contributed by atoms with E-state index in [1.54, 1.807) is 18.5 Å². The van der Waals surface area contributed by atoms with Crippen molar-refractivity contribution in [3.63, 3.8) is 0 Å². The molecular formula is C21H21N5O3. The lowest BCUT2D eigenvalue weighted by Crippen LogP contribution is -2.36. The Bertz CT molecular complexity index is 1050. The average molecular weight is 391 g/mol. The maximum Gasteiger partial charge on any atom is 0.324 e. The predicted octanol–water partition coefficient (Wildman–Crippen LogP) is 1.73. The Morgan fingerprint density at radius 2 is 2.03 bits per heavy atom. The number of amides is 4. The number of carbonyl (C=O) groups excluding carboxylic acids is 3. The van der Waals surface area contributed by atoms with E-state index >= 15 is 0 Å². The van der Waals surface area contributed by atoms with E-state index in [-0.39, 0.29) is 24.8 Å². The number of nitrogens with one attached hydrogen (secondary N) is 3. The standard InChI is InChI=1S/C21H21N5O3/c27-19(24-12-14-4-3-8-22-11-14)10-18-20(28)26(21(29)25-18)9-7-15-13-23-17-6-2-1-5-16(15)17/h1-6,8,11,13,18,23H,7,9-10,12H2,(H,24,27)(H,25,29)/t18-/m0/s1. The second-order valence-corrected chi connectivity index (χ2v) is 6.94. The maximum atomic E-state index is 12.6. The zero-order valence-corrected chi connectivity index (χ0v) is 15.7. The zero-order valence-electron chi connectivity index (χ0n) is 15.7. The number of hydrogen-bond acceptors (Lipinski definition) is 4. The first-order valence-corrected chi connectivity index (χ1v) is 9.44. The van der Waals surface area contributed by atoms with Crippen LogP contribution >= 0.6 is 0 Å². The number of benzene rings is 1. The van der Waals surface area contributed by atoms with E-state index in [0.29, 0.717) is 13.0 Å². The molecule has 1 aliphatic heterocycles. The highest BCUT2D eigenvalue weighted by molar-refractivity contribution is 6.05. The molecule has 1 saturated heterocycles.